The Morgan fingerprint density at radius 1 is 1.08 bits per heavy atom. The molecule has 1 fully saturated rings. The summed E-state index contributed by atoms with van der Waals surface area (Å²) in [7, 11) is 0. The van der Waals surface area contributed by atoms with Crippen molar-refractivity contribution in [2.24, 2.45) is 0 Å². The van der Waals surface area contributed by atoms with Gasteiger partial charge in [-0.25, -0.2) is 8.78 Å². The minimum atomic E-state index is -0.616. The molecule has 1 aliphatic heterocycles. The van der Waals surface area contributed by atoms with Crippen LogP contribution in [-0.4, -0.2) is 29.6 Å². The van der Waals surface area contributed by atoms with Gasteiger partial charge in [0.15, 0.2) is 0 Å². The third-order valence-corrected chi connectivity index (χ3v) is 5.68. The molecule has 3 rings (SSSR count). The number of hydrogen-bond donors (Lipinski definition) is 0. The zero-order valence-electron chi connectivity index (χ0n) is 12.8. The van der Waals surface area contributed by atoms with Crippen molar-refractivity contribution < 1.29 is 13.6 Å². The molecule has 1 unspecified atom stereocenters. The molecular formula is C18H16ClF2NOS. The minimum absolute atomic E-state index is 0.0138. The van der Waals surface area contributed by atoms with Gasteiger partial charge in [-0.1, -0.05) is 35.9 Å². The normalized spacial score (nSPS) is 18.3. The molecule has 0 saturated carbocycles. The van der Waals surface area contributed by atoms with Crippen molar-refractivity contribution in [1.82, 2.24) is 4.90 Å². The second-order valence-electron chi connectivity index (χ2n) is 5.56. The molecule has 0 radical (unpaired) electrons. The number of carbonyl (C=O) groups is 1. The van der Waals surface area contributed by atoms with Crippen LogP contribution in [0.5, 0.6) is 0 Å². The molecule has 2 nitrogen and oxygen atoms in total. The van der Waals surface area contributed by atoms with Gasteiger partial charge in [-0.3, -0.25) is 4.79 Å². The van der Waals surface area contributed by atoms with Gasteiger partial charge in [0.2, 0.25) is 0 Å². The Balaban J connectivity index is 1.76. The molecule has 1 atom stereocenters. The molecule has 0 aliphatic carbocycles. The maximum Gasteiger partial charge on any atom is 0.258 e. The summed E-state index contributed by atoms with van der Waals surface area (Å²) >= 11 is 7.60. The van der Waals surface area contributed by atoms with Crippen LogP contribution in [0.3, 0.4) is 0 Å². The van der Waals surface area contributed by atoms with Crippen LogP contribution < -0.4 is 0 Å². The van der Waals surface area contributed by atoms with Gasteiger partial charge in [-0.05, 0) is 24.6 Å². The topological polar surface area (TPSA) is 20.3 Å². The Kier molecular flexibility index (Phi) is 5.41. The fourth-order valence-electron chi connectivity index (χ4n) is 2.82. The smallest absolute Gasteiger partial charge is 0.258 e. The first-order valence-corrected chi connectivity index (χ1v) is 9.10. The van der Waals surface area contributed by atoms with E-state index in [1.807, 2.05) is 6.07 Å². The van der Waals surface area contributed by atoms with Crippen molar-refractivity contribution in [1.29, 1.82) is 0 Å². The first kappa shape index (κ1) is 17.2. The molecule has 6 heteroatoms. The SMILES string of the molecule is O=C(c1c(F)cccc1Cl)N1CCSC(c2ccccc2F)CC1. The van der Waals surface area contributed by atoms with Crippen molar-refractivity contribution in [2.45, 2.75) is 11.7 Å². The van der Waals surface area contributed by atoms with Crippen LogP contribution in [0.25, 0.3) is 0 Å². The third kappa shape index (κ3) is 3.57. The number of carbonyl (C=O) groups excluding carboxylic acids is 1. The number of thioether (sulfide) groups is 1. The van der Waals surface area contributed by atoms with Crippen LogP contribution in [-0.2, 0) is 0 Å². The van der Waals surface area contributed by atoms with E-state index in [0.717, 1.165) is 0 Å². The highest BCUT2D eigenvalue weighted by Crippen LogP contribution is 2.36. The number of halogens is 3. The highest BCUT2D eigenvalue weighted by Gasteiger charge is 2.26. The van der Waals surface area contributed by atoms with Gasteiger partial charge in [0.25, 0.3) is 5.91 Å². The third-order valence-electron chi connectivity index (χ3n) is 4.06. The second-order valence-corrected chi connectivity index (χ2v) is 7.28. The number of amides is 1. The van der Waals surface area contributed by atoms with Crippen LogP contribution in [0, 0.1) is 11.6 Å². The van der Waals surface area contributed by atoms with Crippen LogP contribution in [0.15, 0.2) is 42.5 Å². The molecule has 24 heavy (non-hydrogen) atoms. The number of rotatable bonds is 2. The Bertz CT molecular complexity index is 735. The molecule has 1 amide bonds. The molecule has 1 aliphatic rings. The zero-order valence-corrected chi connectivity index (χ0v) is 14.4. The van der Waals surface area contributed by atoms with Gasteiger partial charge in [-0.2, -0.15) is 11.8 Å². The highest BCUT2D eigenvalue weighted by molar-refractivity contribution is 7.99. The average Bonchev–Trinajstić information content (AvgIpc) is 2.81. The summed E-state index contributed by atoms with van der Waals surface area (Å²) in [5.41, 5.74) is 0.564. The summed E-state index contributed by atoms with van der Waals surface area (Å²) in [5.74, 6) is -0.591. The van der Waals surface area contributed by atoms with E-state index in [9.17, 15) is 13.6 Å². The summed E-state index contributed by atoms with van der Waals surface area (Å²) in [4.78, 5) is 14.2. The summed E-state index contributed by atoms with van der Waals surface area (Å²) in [6, 6.07) is 10.9. The number of nitrogens with zero attached hydrogens (tertiary/aromatic N) is 1. The van der Waals surface area contributed by atoms with Crippen LogP contribution in [0.2, 0.25) is 5.02 Å². The fourth-order valence-corrected chi connectivity index (χ4v) is 4.32. The first-order chi connectivity index (χ1) is 11.6. The van der Waals surface area contributed by atoms with E-state index in [-0.39, 0.29) is 21.7 Å². The van der Waals surface area contributed by atoms with Crippen molar-refractivity contribution in [2.75, 3.05) is 18.8 Å². The van der Waals surface area contributed by atoms with Gasteiger partial charge in [0, 0.05) is 29.7 Å². The molecular weight excluding hydrogens is 352 g/mol. The summed E-state index contributed by atoms with van der Waals surface area (Å²) in [6.45, 7) is 0.925. The molecule has 2 aromatic carbocycles. The predicted octanol–water partition coefficient (Wildman–Crippen LogP) is 4.94. The predicted molar refractivity (Wildman–Crippen MR) is 93.5 cm³/mol. The van der Waals surface area contributed by atoms with E-state index in [0.29, 0.717) is 30.8 Å². The van der Waals surface area contributed by atoms with E-state index in [1.54, 1.807) is 28.8 Å². The number of benzene rings is 2. The number of hydrogen-bond acceptors (Lipinski definition) is 2. The molecule has 1 saturated heterocycles. The average molecular weight is 368 g/mol. The molecule has 0 aromatic heterocycles. The quantitative estimate of drug-likeness (QED) is 0.749. The van der Waals surface area contributed by atoms with Crippen molar-refractivity contribution in [3.05, 3.63) is 70.2 Å². The maximum atomic E-state index is 14.0. The van der Waals surface area contributed by atoms with E-state index >= 15 is 0 Å². The standard InChI is InChI=1S/C18H16ClF2NOS/c19-13-5-3-7-15(21)17(13)18(23)22-9-8-16(24-11-10-22)12-4-1-2-6-14(12)20/h1-7,16H,8-11H2. The molecule has 0 N–H and O–H groups in total. The highest BCUT2D eigenvalue weighted by atomic mass is 35.5. The Morgan fingerprint density at radius 2 is 1.83 bits per heavy atom. The molecule has 126 valence electrons. The second kappa shape index (κ2) is 7.53. The van der Waals surface area contributed by atoms with Gasteiger partial charge in [0.1, 0.15) is 11.6 Å². The van der Waals surface area contributed by atoms with E-state index in [2.05, 4.69) is 0 Å². The Hall–Kier alpha value is -1.59. The van der Waals surface area contributed by atoms with Crippen LogP contribution >= 0.6 is 23.4 Å². The van der Waals surface area contributed by atoms with Gasteiger partial charge in [-0.15, -0.1) is 0 Å². The minimum Gasteiger partial charge on any atom is -0.338 e. The lowest BCUT2D eigenvalue weighted by Crippen LogP contribution is -2.33. The first-order valence-electron chi connectivity index (χ1n) is 7.67. The summed E-state index contributed by atoms with van der Waals surface area (Å²) < 4.78 is 27.9. The maximum absolute atomic E-state index is 14.0. The summed E-state index contributed by atoms with van der Waals surface area (Å²) in [6.07, 6.45) is 0.614. The monoisotopic (exact) mass is 367 g/mol. The Labute approximate surface area is 148 Å². The van der Waals surface area contributed by atoms with E-state index < -0.39 is 11.7 Å². The lowest BCUT2D eigenvalue weighted by atomic mass is 10.1. The molecule has 0 bridgehead atoms. The summed E-state index contributed by atoms with van der Waals surface area (Å²) in [5, 5.41) is 0.0997. The van der Waals surface area contributed by atoms with E-state index in [4.69, 9.17) is 11.6 Å². The fraction of sp³-hybridized carbons (Fsp3) is 0.278. The van der Waals surface area contributed by atoms with Gasteiger partial charge >= 0.3 is 0 Å². The lowest BCUT2D eigenvalue weighted by Gasteiger charge is -2.21. The van der Waals surface area contributed by atoms with Gasteiger partial charge < -0.3 is 4.90 Å². The molecule has 0 spiro atoms. The molecule has 2 aromatic rings. The zero-order chi connectivity index (χ0) is 17.1. The van der Waals surface area contributed by atoms with Gasteiger partial charge in [0.05, 0.1) is 10.6 Å². The van der Waals surface area contributed by atoms with Crippen molar-refractivity contribution in [3.8, 4) is 0 Å². The van der Waals surface area contributed by atoms with Crippen LogP contribution in [0.1, 0.15) is 27.6 Å². The Morgan fingerprint density at radius 3 is 2.58 bits per heavy atom. The van der Waals surface area contributed by atoms with Crippen molar-refractivity contribution >= 4 is 29.3 Å². The lowest BCUT2D eigenvalue weighted by molar-refractivity contribution is 0.0762. The van der Waals surface area contributed by atoms with Crippen LogP contribution in [0.4, 0.5) is 8.78 Å². The van der Waals surface area contributed by atoms with E-state index in [1.165, 1.54) is 24.3 Å². The molecule has 1 heterocycles. The largest absolute Gasteiger partial charge is 0.338 e. The van der Waals surface area contributed by atoms with Crippen molar-refractivity contribution in [3.63, 3.8) is 0 Å².